The van der Waals surface area contributed by atoms with Gasteiger partial charge in [0, 0.05) is 30.4 Å². The number of ether oxygens (including phenoxy) is 1. The van der Waals surface area contributed by atoms with E-state index >= 15 is 0 Å². The Labute approximate surface area is 160 Å². The third-order valence-corrected chi connectivity index (χ3v) is 4.35. The Kier molecular flexibility index (Phi) is 5.67. The molecule has 0 aromatic heterocycles. The van der Waals surface area contributed by atoms with Crippen molar-refractivity contribution in [1.82, 2.24) is 0 Å². The van der Waals surface area contributed by atoms with Gasteiger partial charge in [-0.3, -0.25) is 14.4 Å². The molecule has 1 saturated heterocycles. The maximum Gasteiger partial charge on any atom is 0.311 e. The highest BCUT2D eigenvalue weighted by Gasteiger charge is 2.36. The molecule has 28 heavy (non-hydrogen) atoms. The minimum Gasteiger partial charge on any atom is -0.455 e. The van der Waals surface area contributed by atoms with Crippen molar-refractivity contribution in [2.24, 2.45) is 5.92 Å². The van der Waals surface area contributed by atoms with Gasteiger partial charge in [-0.15, -0.1) is 0 Å². The van der Waals surface area contributed by atoms with Crippen molar-refractivity contribution in [3.63, 3.8) is 0 Å². The smallest absolute Gasteiger partial charge is 0.311 e. The van der Waals surface area contributed by atoms with Crippen LogP contribution >= 0.6 is 0 Å². The van der Waals surface area contributed by atoms with Crippen molar-refractivity contribution >= 4 is 29.2 Å². The molecule has 8 heteroatoms. The summed E-state index contributed by atoms with van der Waals surface area (Å²) in [5, 5.41) is 2.30. The summed E-state index contributed by atoms with van der Waals surface area (Å²) in [4.78, 5) is 37.7. The summed E-state index contributed by atoms with van der Waals surface area (Å²) in [6.45, 7) is 1.51. The Balaban J connectivity index is 1.52. The van der Waals surface area contributed by atoms with E-state index in [-0.39, 0.29) is 24.6 Å². The number of nitrogens with one attached hydrogen (secondary N) is 1. The molecule has 1 aliphatic heterocycles. The van der Waals surface area contributed by atoms with Crippen molar-refractivity contribution in [3.8, 4) is 0 Å². The summed E-state index contributed by atoms with van der Waals surface area (Å²) in [7, 11) is 0. The molecule has 2 aromatic carbocycles. The number of hydrogen-bond acceptors (Lipinski definition) is 4. The number of halogens is 2. The van der Waals surface area contributed by atoms with E-state index in [4.69, 9.17) is 4.74 Å². The lowest BCUT2D eigenvalue weighted by atomic mass is 10.1. The average Bonchev–Trinajstić information content (AvgIpc) is 3.05. The van der Waals surface area contributed by atoms with E-state index in [2.05, 4.69) is 5.32 Å². The van der Waals surface area contributed by atoms with Crippen LogP contribution in [0.4, 0.5) is 20.2 Å². The molecular weight excluding hydrogens is 370 g/mol. The monoisotopic (exact) mass is 388 g/mol. The first-order chi connectivity index (χ1) is 13.3. The number of nitrogens with zero attached hydrogens (tertiary/aromatic N) is 1. The zero-order valence-corrected chi connectivity index (χ0v) is 15.1. The van der Waals surface area contributed by atoms with Gasteiger partial charge in [-0.05, 0) is 31.2 Å². The first kappa shape index (κ1) is 19.5. The van der Waals surface area contributed by atoms with Crippen LogP contribution in [-0.2, 0) is 19.1 Å². The molecule has 3 rings (SSSR count). The summed E-state index contributed by atoms with van der Waals surface area (Å²) in [5.41, 5.74) is 1.79. The Morgan fingerprint density at radius 3 is 2.54 bits per heavy atom. The van der Waals surface area contributed by atoms with Gasteiger partial charge in [-0.25, -0.2) is 8.78 Å². The summed E-state index contributed by atoms with van der Waals surface area (Å²) in [6, 6.07) is 10.2. The molecule has 0 bridgehead atoms. The zero-order chi connectivity index (χ0) is 20.3. The van der Waals surface area contributed by atoms with Gasteiger partial charge in [-0.2, -0.15) is 0 Å². The first-order valence-corrected chi connectivity index (χ1v) is 8.62. The Morgan fingerprint density at radius 1 is 1.14 bits per heavy atom. The zero-order valence-electron chi connectivity index (χ0n) is 15.1. The molecule has 1 heterocycles. The van der Waals surface area contributed by atoms with Crippen LogP contribution in [0, 0.1) is 24.5 Å². The fraction of sp³-hybridized carbons (Fsp3) is 0.250. The topological polar surface area (TPSA) is 75.7 Å². The summed E-state index contributed by atoms with van der Waals surface area (Å²) in [6.07, 6.45) is -0.00248. The van der Waals surface area contributed by atoms with E-state index in [0.717, 1.165) is 17.7 Å². The second-order valence-electron chi connectivity index (χ2n) is 6.53. The van der Waals surface area contributed by atoms with Gasteiger partial charge in [0.05, 0.1) is 5.92 Å². The van der Waals surface area contributed by atoms with Crippen LogP contribution in [0.15, 0.2) is 42.5 Å². The number of aryl methyl sites for hydroxylation is 1. The molecule has 6 nitrogen and oxygen atoms in total. The number of esters is 1. The molecule has 1 N–H and O–H groups in total. The molecule has 146 valence electrons. The van der Waals surface area contributed by atoms with Crippen molar-refractivity contribution < 1.29 is 27.9 Å². The quantitative estimate of drug-likeness (QED) is 0.800. The van der Waals surface area contributed by atoms with Crippen molar-refractivity contribution in [2.75, 3.05) is 23.4 Å². The average molecular weight is 388 g/mol. The fourth-order valence-electron chi connectivity index (χ4n) is 2.87. The largest absolute Gasteiger partial charge is 0.455 e. The maximum atomic E-state index is 13.1. The lowest BCUT2D eigenvalue weighted by Crippen LogP contribution is -2.28. The Hall–Kier alpha value is -3.29. The van der Waals surface area contributed by atoms with Crippen molar-refractivity contribution in [2.45, 2.75) is 13.3 Å². The minimum atomic E-state index is -1.10. The van der Waals surface area contributed by atoms with Gasteiger partial charge in [0.15, 0.2) is 18.2 Å². The Morgan fingerprint density at radius 2 is 1.86 bits per heavy atom. The van der Waals surface area contributed by atoms with Gasteiger partial charge >= 0.3 is 5.97 Å². The highest BCUT2D eigenvalue weighted by atomic mass is 19.2. The predicted molar refractivity (Wildman–Crippen MR) is 97.6 cm³/mol. The van der Waals surface area contributed by atoms with Gasteiger partial charge < -0.3 is 15.0 Å². The highest BCUT2D eigenvalue weighted by molar-refractivity contribution is 6.00. The second kappa shape index (κ2) is 8.16. The molecule has 1 aliphatic rings. The second-order valence-corrected chi connectivity index (χ2v) is 6.53. The number of rotatable bonds is 5. The van der Waals surface area contributed by atoms with Crippen LogP contribution < -0.4 is 10.2 Å². The van der Waals surface area contributed by atoms with Crippen LogP contribution in [0.25, 0.3) is 0 Å². The van der Waals surface area contributed by atoms with Crippen LogP contribution in [-0.4, -0.2) is 30.9 Å². The number of benzene rings is 2. The molecule has 0 aliphatic carbocycles. The Bertz CT molecular complexity index is 915. The van der Waals surface area contributed by atoms with E-state index in [0.29, 0.717) is 5.69 Å². The van der Waals surface area contributed by atoms with Gasteiger partial charge in [0.25, 0.3) is 5.91 Å². The molecular formula is C20H18F2N2O4. The SMILES string of the molecule is Cc1ccc(N2C[C@@H](C(=O)OCC(=O)Nc3ccc(F)c(F)c3)CC2=O)cc1. The van der Waals surface area contributed by atoms with E-state index < -0.39 is 36.0 Å². The molecule has 2 amide bonds. The molecule has 1 atom stereocenters. The third-order valence-electron chi connectivity index (χ3n) is 4.35. The van der Waals surface area contributed by atoms with Crippen LogP contribution in [0.2, 0.25) is 0 Å². The van der Waals surface area contributed by atoms with Gasteiger partial charge in [0.2, 0.25) is 5.91 Å². The highest BCUT2D eigenvalue weighted by Crippen LogP contribution is 2.26. The van der Waals surface area contributed by atoms with Gasteiger partial charge in [0.1, 0.15) is 0 Å². The van der Waals surface area contributed by atoms with E-state index in [9.17, 15) is 23.2 Å². The maximum absolute atomic E-state index is 13.1. The standard InChI is InChI=1S/C20H18F2N2O4/c1-12-2-5-15(6-3-12)24-10-13(8-19(24)26)20(27)28-11-18(25)23-14-4-7-16(21)17(22)9-14/h2-7,9,13H,8,10-11H2,1H3,(H,23,25)/t13-/m0/s1. The van der Waals surface area contributed by atoms with E-state index in [1.165, 1.54) is 11.0 Å². The van der Waals surface area contributed by atoms with E-state index in [1.54, 1.807) is 12.1 Å². The molecule has 0 spiro atoms. The molecule has 1 fully saturated rings. The third kappa shape index (κ3) is 4.51. The van der Waals surface area contributed by atoms with Crippen LogP contribution in [0.3, 0.4) is 0 Å². The normalized spacial score (nSPS) is 16.2. The number of amides is 2. The van der Waals surface area contributed by atoms with Gasteiger partial charge in [-0.1, -0.05) is 17.7 Å². The van der Waals surface area contributed by atoms with E-state index in [1.807, 2.05) is 19.1 Å². The summed E-state index contributed by atoms with van der Waals surface area (Å²) >= 11 is 0. The fourth-order valence-corrected chi connectivity index (χ4v) is 2.87. The van der Waals surface area contributed by atoms with Crippen LogP contribution in [0.1, 0.15) is 12.0 Å². The lowest BCUT2D eigenvalue weighted by molar-refractivity contribution is -0.151. The summed E-state index contributed by atoms with van der Waals surface area (Å²) < 4.78 is 31.0. The molecule has 0 unspecified atom stereocenters. The summed E-state index contributed by atoms with van der Waals surface area (Å²) in [5.74, 6) is -4.37. The first-order valence-electron chi connectivity index (χ1n) is 8.62. The van der Waals surface area contributed by atoms with Crippen molar-refractivity contribution in [3.05, 3.63) is 59.7 Å². The number of carbonyl (C=O) groups excluding carboxylic acids is 3. The minimum absolute atomic E-state index is 0.00248. The predicted octanol–water partition coefficient (Wildman–Crippen LogP) is 2.81. The molecule has 0 saturated carbocycles. The van der Waals surface area contributed by atoms with Crippen molar-refractivity contribution in [1.29, 1.82) is 0 Å². The molecule has 2 aromatic rings. The number of carbonyl (C=O) groups is 3. The number of anilines is 2. The lowest BCUT2D eigenvalue weighted by Gasteiger charge is -2.16. The number of hydrogen-bond donors (Lipinski definition) is 1. The molecule has 0 radical (unpaired) electrons. The van der Waals surface area contributed by atoms with Crippen LogP contribution in [0.5, 0.6) is 0 Å².